The molecule has 24 heavy (non-hydrogen) atoms. The molecule has 1 aromatic carbocycles. The fraction of sp³-hybridized carbons (Fsp3) is 0.333. The van der Waals surface area contributed by atoms with Crippen LogP contribution in [0.4, 0.5) is 0 Å². The van der Waals surface area contributed by atoms with Crippen LogP contribution in [-0.4, -0.2) is 0 Å². The van der Waals surface area contributed by atoms with Gasteiger partial charge in [0.2, 0.25) is 0 Å². The van der Waals surface area contributed by atoms with E-state index < -0.39 is 0 Å². The predicted molar refractivity (Wildman–Crippen MR) is 91.4 cm³/mol. The molecule has 2 aliphatic carbocycles. The van der Waals surface area contributed by atoms with E-state index >= 15 is 0 Å². The largest absolute Gasteiger partial charge is 4.00 e. The fourth-order valence-electron chi connectivity index (χ4n) is 2.76. The van der Waals surface area contributed by atoms with E-state index in [0.29, 0.717) is 11.8 Å². The first-order chi connectivity index (χ1) is 9.97. The summed E-state index contributed by atoms with van der Waals surface area (Å²) in [5.41, 5.74) is 6.62. The summed E-state index contributed by atoms with van der Waals surface area (Å²) in [5.74, 6) is 1.02. The van der Waals surface area contributed by atoms with Gasteiger partial charge in [0, 0.05) is 0 Å². The molecule has 1 aromatic rings. The molecule has 0 N–H and O–H groups in total. The molecule has 3 rings (SSSR count). The zero-order valence-corrected chi connectivity index (χ0v) is 18.9. The Morgan fingerprint density at radius 3 is 1.58 bits per heavy atom. The Kier molecular flexibility index (Phi) is 13.0. The van der Waals surface area contributed by atoms with Crippen LogP contribution in [0, 0.1) is 24.0 Å². The maximum Gasteiger partial charge on any atom is 4.00 e. The third kappa shape index (κ3) is 7.26. The van der Waals surface area contributed by atoms with E-state index in [1.165, 1.54) is 27.9 Å². The summed E-state index contributed by atoms with van der Waals surface area (Å²) in [7, 11) is 0. The van der Waals surface area contributed by atoms with Gasteiger partial charge in [-0.05, 0) is 0 Å². The van der Waals surface area contributed by atoms with Gasteiger partial charge in [-0.3, -0.25) is 12.2 Å². The summed E-state index contributed by atoms with van der Waals surface area (Å²) >= 11 is 0. The van der Waals surface area contributed by atoms with E-state index in [9.17, 15) is 0 Å². The first kappa shape index (κ1) is 25.9. The maximum absolute atomic E-state index is 3.39. The molecule has 0 aromatic heterocycles. The molecule has 0 heterocycles. The van der Waals surface area contributed by atoms with Crippen LogP contribution in [0.15, 0.2) is 59.2 Å². The van der Waals surface area contributed by atoms with Crippen molar-refractivity contribution >= 4 is 5.57 Å². The summed E-state index contributed by atoms with van der Waals surface area (Å²) in [6.45, 7) is 10.7. The van der Waals surface area contributed by atoms with Crippen LogP contribution in [0.3, 0.4) is 0 Å². The second kappa shape index (κ2) is 12.1. The van der Waals surface area contributed by atoms with Gasteiger partial charge in [-0.25, -0.2) is 16.7 Å². The topological polar surface area (TPSA) is 0 Å². The Bertz CT molecular complexity index is 606. The molecule has 2 unspecified atom stereocenters. The van der Waals surface area contributed by atoms with Gasteiger partial charge < -0.3 is 24.8 Å². The third-order valence-corrected chi connectivity index (χ3v) is 3.89. The van der Waals surface area contributed by atoms with E-state index in [-0.39, 0.29) is 51.0 Å². The molecule has 0 fully saturated rings. The number of benzene rings is 1. The normalized spacial score (nSPS) is 20.7. The van der Waals surface area contributed by atoms with Gasteiger partial charge in [0.1, 0.15) is 0 Å². The summed E-state index contributed by atoms with van der Waals surface area (Å²) in [6, 6.07) is 10.5. The van der Waals surface area contributed by atoms with Crippen LogP contribution in [-0.2, 0) is 26.2 Å². The number of rotatable bonds is 1. The Labute approximate surface area is 179 Å². The van der Waals surface area contributed by atoms with Crippen molar-refractivity contribution in [2.45, 2.75) is 34.6 Å². The summed E-state index contributed by atoms with van der Waals surface area (Å²) < 4.78 is 0. The molecule has 2 atom stereocenters. The van der Waals surface area contributed by atoms with Crippen LogP contribution in [0.2, 0.25) is 0 Å². The van der Waals surface area contributed by atoms with E-state index in [1.807, 2.05) is 6.07 Å². The van der Waals surface area contributed by atoms with Crippen molar-refractivity contribution in [3.63, 3.8) is 0 Å². The van der Waals surface area contributed by atoms with Crippen molar-refractivity contribution in [3.8, 4) is 0 Å². The molecule has 0 amide bonds. The van der Waals surface area contributed by atoms with Crippen molar-refractivity contribution in [2.75, 3.05) is 0 Å². The van der Waals surface area contributed by atoms with Crippen LogP contribution in [0.5, 0.6) is 0 Å². The van der Waals surface area contributed by atoms with Gasteiger partial charge in [-0.15, -0.1) is 12.5 Å². The average Bonchev–Trinajstić information content (AvgIpc) is 2.93. The molecule has 2 aliphatic rings. The zero-order chi connectivity index (χ0) is 15.4. The van der Waals surface area contributed by atoms with E-state index in [1.54, 1.807) is 0 Å². The molecular formula is C21H24Cl2Zr. The van der Waals surface area contributed by atoms with Crippen molar-refractivity contribution in [1.29, 1.82) is 0 Å². The summed E-state index contributed by atoms with van der Waals surface area (Å²) in [6.07, 6.45) is 11.2. The maximum atomic E-state index is 3.39. The number of hydrogen-bond donors (Lipinski definition) is 0. The average molecular weight is 439 g/mol. The molecule has 126 valence electrons. The first-order valence-corrected chi connectivity index (χ1v) is 7.64. The van der Waals surface area contributed by atoms with Gasteiger partial charge >= 0.3 is 26.2 Å². The van der Waals surface area contributed by atoms with Gasteiger partial charge in [-0.2, -0.15) is 17.7 Å². The molecule has 0 bridgehead atoms. The number of hydrogen-bond acceptors (Lipinski definition) is 0. The van der Waals surface area contributed by atoms with Crippen LogP contribution < -0.4 is 24.8 Å². The number of halogens is 2. The Balaban J connectivity index is 0. The van der Waals surface area contributed by atoms with Gasteiger partial charge in [0.25, 0.3) is 0 Å². The molecule has 0 saturated carbocycles. The van der Waals surface area contributed by atoms with Gasteiger partial charge in [0.05, 0.1) is 0 Å². The van der Waals surface area contributed by atoms with Crippen LogP contribution >= 0.6 is 0 Å². The SMILES string of the molecule is CC1=[C-]C(C)C=C1C.CC1=[C-]C(C)C=C1c1ccccc1.[Cl-].[Cl-].[Zr+4]. The minimum Gasteiger partial charge on any atom is -1.00 e. The minimum absolute atomic E-state index is 0. The molecular weight excluding hydrogens is 414 g/mol. The molecule has 3 heteroatoms. The second-order valence-corrected chi connectivity index (χ2v) is 5.91. The fourth-order valence-corrected chi connectivity index (χ4v) is 2.76. The van der Waals surface area contributed by atoms with Crippen LogP contribution in [0.25, 0.3) is 5.57 Å². The summed E-state index contributed by atoms with van der Waals surface area (Å²) in [5, 5.41) is 0. The third-order valence-electron chi connectivity index (χ3n) is 3.89. The summed E-state index contributed by atoms with van der Waals surface area (Å²) in [4.78, 5) is 0. The molecule has 0 spiro atoms. The zero-order valence-electron chi connectivity index (χ0n) is 15.0. The Hall–Kier alpha value is -0.357. The van der Waals surface area contributed by atoms with Crippen molar-refractivity contribution in [3.05, 3.63) is 76.9 Å². The van der Waals surface area contributed by atoms with E-state index in [2.05, 4.69) is 83.2 Å². The number of allylic oxidation sites excluding steroid dienone is 8. The van der Waals surface area contributed by atoms with Crippen molar-refractivity contribution in [2.24, 2.45) is 11.8 Å². The van der Waals surface area contributed by atoms with Crippen molar-refractivity contribution < 1.29 is 51.0 Å². The predicted octanol–water partition coefficient (Wildman–Crippen LogP) is -0.193. The minimum atomic E-state index is 0. The van der Waals surface area contributed by atoms with Crippen LogP contribution in [0.1, 0.15) is 40.2 Å². The molecule has 0 saturated heterocycles. The standard InChI is InChI=1S/C13H13.C8H11.2ClH.Zr/c1-10-8-11(2)13(9-10)12-6-4-3-5-7-12;1-6-4-7(2)8(3)5-6;;;/h3-7,9-10H,1-2H3;4,6H,1-3H3;2*1H;/q2*-1;;;+4/p-2. The monoisotopic (exact) mass is 436 g/mol. The molecule has 0 radical (unpaired) electrons. The quantitative estimate of drug-likeness (QED) is 0.534. The molecule has 0 nitrogen and oxygen atoms in total. The first-order valence-electron chi connectivity index (χ1n) is 7.64. The molecule has 0 aliphatic heterocycles. The second-order valence-electron chi connectivity index (χ2n) is 5.91. The Morgan fingerprint density at radius 1 is 0.750 bits per heavy atom. The van der Waals surface area contributed by atoms with E-state index in [4.69, 9.17) is 0 Å². The van der Waals surface area contributed by atoms with Gasteiger partial charge in [0.15, 0.2) is 0 Å². The van der Waals surface area contributed by atoms with Crippen molar-refractivity contribution in [1.82, 2.24) is 0 Å². The van der Waals surface area contributed by atoms with E-state index in [0.717, 1.165) is 0 Å². The van der Waals surface area contributed by atoms with Gasteiger partial charge in [-0.1, -0.05) is 69.9 Å². The Morgan fingerprint density at radius 2 is 1.25 bits per heavy atom. The smallest absolute Gasteiger partial charge is 1.00 e.